The van der Waals surface area contributed by atoms with Crippen molar-refractivity contribution in [2.24, 2.45) is 0 Å². The maximum absolute atomic E-state index is 11.3. The lowest BCUT2D eigenvalue weighted by atomic mass is 10.3. The molecule has 1 aromatic carbocycles. The molecule has 0 fully saturated rings. The lowest BCUT2D eigenvalue weighted by Crippen LogP contribution is -2.33. The van der Waals surface area contributed by atoms with Gasteiger partial charge in [-0.1, -0.05) is 0 Å². The molecule has 7 nitrogen and oxygen atoms in total. The summed E-state index contributed by atoms with van der Waals surface area (Å²) in [6, 6.07) is 5.57. The van der Waals surface area contributed by atoms with Gasteiger partial charge in [0.2, 0.25) is 0 Å². The Morgan fingerprint density at radius 2 is 1.95 bits per heavy atom. The van der Waals surface area contributed by atoms with Crippen molar-refractivity contribution in [1.82, 2.24) is 10.6 Å². The molecule has 0 aliphatic rings. The van der Waals surface area contributed by atoms with E-state index < -0.39 is 4.92 Å². The second kappa shape index (κ2) is 9.12. The fourth-order valence-electron chi connectivity index (χ4n) is 1.19. The number of nitrogens with zero attached hydrogens (tertiary/aromatic N) is 1. The molecule has 2 N–H and O–H groups in total. The standard InChI is InChI=1S/C11H15N3O4.ClH/c1-12-6-7-13-11(15)8-18-10-4-2-9(3-5-10)14(16)17;/h2-5,12H,6-8H2,1H3,(H,13,15);1H. The monoisotopic (exact) mass is 289 g/mol. The number of halogens is 1. The first kappa shape index (κ1) is 17.1. The summed E-state index contributed by atoms with van der Waals surface area (Å²) in [6.07, 6.45) is 0. The number of nitro groups is 1. The first-order valence-electron chi connectivity index (χ1n) is 5.42. The first-order valence-corrected chi connectivity index (χ1v) is 5.42. The van der Waals surface area contributed by atoms with Crippen molar-refractivity contribution in [3.8, 4) is 5.75 Å². The molecule has 0 unspecified atom stereocenters. The van der Waals surface area contributed by atoms with Gasteiger partial charge in [-0.15, -0.1) is 12.4 Å². The third kappa shape index (κ3) is 6.58. The van der Waals surface area contributed by atoms with E-state index in [4.69, 9.17) is 4.74 Å². The number of hydrogen-bond donors (Lipinski definition) is 2. The maximum atomic E-state index is 11.3. The lowest BCUT2D eigenvalue weighted by molar-refractivity contribution is -0.384. The smallest absolute Gasteiger partial charge is 0.269 e. The molecular weight excluding hydrogens is 274 g/mol. The lowest BCUT2D eigenvalue weighted by Gasteiger charge is -2.06. The normalized spacial score (nSPS) is 9.32. The summed E-state index contributed by atoms with van der Waals surface area (Å²) in [5.74, 6) is 0.188. The van der Waals surface area contributed by atoms with Gasteiger partial charge in [0.1, 0.15) is 5.75 Å². The second-order valence-electron chi connectivity index (χ2n) is 3.49. The van der Waals surface area contributed by atoms with Gasteiger partial charge in [0.15, 0.2) is 6.61 Å². The van der Waals surface area contributed by atoms with Crippen LogP contribution in [0, 0.1) is 10.1 Å². The molecule has 0 aromatic heterocycles. The molecule has 0 spiro atoms. The molecule has 0 saturated heterocycles. The van der Waals surface area contributed by atoms with Crippen LogP contribution in [0.3, 0.4) is 0 Å². The number of likely N-dealkylation sites (N-methyl/N-ethyl adjacent to an activating group) is 1. The minimum atomic E-state index is -0.492. The highest BCUT2D eigenvalue weighted by Crippen LogP contribution is 2.16. The van der Waals surface area contributed by atoms with Crippen molar-refractivity contribution in [2.75, 3.05) is 26.7 Å². The van der Waals surface area contributed by atoms with Gasteiger partial charge >= 0.3 is 0 Å². The van der Waals surface area contributed by atoms with Crippen molar-refractivity contribution in [2.45, 2.75) is 0 Å². The van der Waals surface area contributed by atoms with Crippen LogP contribution in [-0.4, -0.2) is 37.6 Å². The highest BCUT2D eigenvalue weighted by molar-refractivity contribution is 5.85. The molecular formula is C11H16ClN3O4. The van der Waals surface area contributed by atoms with Gasteiger partial charge in [-0.2, -0.15) is 0 Å². The van der Waals surface area contributed by atoms with E-state index in [1.807, 2.05) is 0 Å². The number of amides is 1. The first-order chi connectivity index (χ1) is 8.63. The molecule has 0 heterocycles. The number of ether oxygens (including phenoxy) is 1. The molecule has 1 rings (SSSR count). The molecule has 1 aromatic rings. The van der Waals surface area contributed by atoms with Crippen molar-refractivity contribution in [3.63, 3.8) is 0 Å². The Labute approximate surface area is 116 Å². The van der Waals surface area contributed by atoms with E-state index in [2.05, 4.69) is 10.6 Å². The van der Waals surface area contributed by atoms with Crippen LogP contribution in [0.25, 0.3) is 0 Å². The highest BCUT2D eigenvalue weighted by Gasteiger charge is 2.05. The van der Waals surface area contributed by atoms with Crippen molar-refractivity contribution in [1.29, 1.82) is 0 Å². The number of nitro benzene ring substituents is 1. The number of nitrogens with one attached hydrogen (secondary N) is 2. The van der Waals surface area contributed by atoms with Crippen molar-refractivity contribution < 1.29 is 14.5 Å². The van der Waals surface area contributed by atoms with Gasteiger partial charge in [0, 0.05) is 25.2 Å². The largest absolute Gasteiger partial charge is 0.484 e. The minimum Gasteiger partial charge on any atom is -0.484 e. The third-order valence-corrected chi connectivity index (χ3v) is 2.11. The Bertz CT molecular complexity index is 411. The Balaban J connectivity index is 0.00000324. The predicted octanol–water partition coefficient (Wildman–Crippen LogP) is 0.731. The zero-order chi connectivity index (χ0) is 13.4. The van der Waals surface area contributed by atoms with Crippen LogP contribution in [0.5, 0.6) is 5.75 Å². The zero-order valence-electron chi connectivity index (χ0n) is 10.4. The summed E-state index contributed by atoms with van der Waals surface area (Å²) in [5, 5.41) is 16.0. The molecule has 19 heavy (non-hydrogen) atoms. The van der Waals surface area contributed by atoms with E-state index in [9.17, 15) is 14.9 Å². The summed E-state index contributed by atoms with van der Waals surface area (Å²) < 4.78 is 5.18. The topological polar surface area (TPSA) is 93.5 Å². The van der Waals surface area contributed by atoms with E-state index in [0.29, 0.717) is 18.8 Å². The predicted molar refractivity (Wildman–Crippen MR) is 72.8 cm³/mol. The molecule has 0 atom stereocenters. The Kier molecular flexibility index (Phi) is 8.23. The molecule has 0 saturated carbocycles. The summed E-state index contributed by atoms with van der Waals surface area (Å²) in [6.45, 7) is 1.10. The van der Waals surface area contributed by atoms with Crippen LogP contribution in [0.4, 0.5) is 5.69 Å². The fraction of sp³-hybridized carbons (Fsp3) is 0.364. The zero-order valence-corrected chi connectivity index (χ0v) is 11.2. The Hall–Kier alpha value is -1.86. The van der Waals surface area contributed by atoms with Gasteiger partial charge in [-0.3, -0.25) is 14.9 Å². The van der Waals surface area contributed by atoms with E-state index in [1.54, 1.807) is 7.05 Å². The van der Waals surface area contributed by atoms with E-state index in [0.717, 1.165) is 0 Å². The quantitative estimate of drug-likeness (QED) is 0.438. The third-order valence-electron chi connectivity index (χ3n) is 2.11. The summed E-state index contributed by atoms with van der Waals surface area (Å²) in [4.78, 5) is 21.2. The highest BCUT2D eigenvalue weighted by atomic mass is 35.5. The number of carbonyl (C=O) groups excluding carboxylic acids is 1. The van der Waals surface area contributed by atoms with E-state index in [1.165, 1.54) is 24.3 Å². The van der Waals surface area contributed by atoms with Crippen LogP contribution < -0.4 is 15.4 Å². The van der Waals surface area contributed by atoms with Crippen LogP contribution in [0.1, 0.15) is 0 Å². The van der Waals surface area contributed by atoms with Crippen molar-refractivity contribution in [3.05, 3.63) is 34.4 Å². The van der Waals surface area contributed by atoms with E-state index >= 15 is 0 Å². The number of benzene rings is 1. The minimum absolute atomic E-state index is 0. The van der Waals surface area contributed by atoms with Gasteiger partial charge in [0.25, 0.3) is 11.6 Å². The van der Waals surface area contributed by atoms with Crippen LogP contribution in [0.15, 0.2) is 24.3 Å². The number of carbonyl (C=O) groups is 1. The molecule has 8 heteroatoms. The van der Waals surface area contributed by atoms with Gasteiger partial charge in [-0.25, -0.2) is 0 Å². The molecule has 0 aliphatic carbocycles. The number of rotatable bonds is 7. The van der Waals surface area contributed by atoms with Gasteiger partial charge in [-0.05, 0) is 19.2 Å². The second-order valence-corrected chi connectivity index (χ2v) is 3.49. The Morgan fingerprint density at radius 1 is 1.32 bits per heavy atom. The van der Waals surface area contributed by atoms with Crippen LogP contribution in [0.2, 0.25) is 0 Å². The molecule has 106 valence electrons. The molecule has 0 bridgehead atoms. The average molecular weight is 290 g/mol. The van der Waals surface area contributed by atoms with Gasteiger partial charge in [0.05, 0.1) is 4.92 Å². The SMILES string of the molecule is CNCCNC(=O)COc1ccc([N+](=O)[O-])cc1.Cl. The number of hydrogen-bond acceptors (Lipinski definition) is 5. The summed E-state index contributed by atoms with van der Waals surface area (Å²) in [5.41, 5.74) is -0.0131. The summed E-state index contributed by atoms with van der Waals surface area (Å²) >= 11 is 0. The van der Waals surface area contributed by atoms with Crippen LogP contribution in [-0.2, 0) is 4.79 Å². The fourth-order valence-corrected chi connectivity index (χ4v) is 1.19. The molecule has 0 radical (unpaired) electrons. The van der Waals surface area contributed by atoms with Gasteiger partial charge < -0.3 is 15.4 Å². The molecule has 1 amide bonds. The average Bonchev–Trinajstić information content (AvgIpc) is 2.37. The Morgan fingerprint density at radius 3 is 2.47 bits per heavy atom. The van der Waals surface area contributed by atoms with Crippen molar-refractivity contribution >= 4 is 24.0 Å². The van der Waals surface area contributed by atoms with E-state index in [-0.39, 0.29) is 30.6 Å². The molecule has 0 aliphatic heterocycles. The maximum Gasteiger partial charge on any atom is 0.269 e. The number of non-ortho nitro benzene ring substituents is 1. The van der Waals surface area contributed by atoms with Crippen LogP contribution >= 0.6 is 12.4 Å². The summed E-state index contributed by atoms with van der Waals surface area (Å²) in [7, 11) is 1.79.